The summed E-state index contributed by atoms with van der Waals surface area (Å²) in [6, 6.07) is 71.0. The van der Waals surface area contributed by atoms with E-state index in [0.29, 0.717) is 17.5 Å². The number of nitrogens with zero attached hydrogens (tertiary/aromatic N) is 3. The molecule has 11 aromatic rings. The summed E-state index contributed by atoms with van der Waals surface area (Å²) in [5, 5.41) is 7.32. The molecule has 0 aliphatic rings. The van der Waals surface area contributed by atoms with Crippen LogP contribution in [0.15, 0.2) is 200 Å². The molecule has 0 saturated heterocycles. The lowest BCUT2D eigenvalue weighted by molar-refractivity contribution is 1.08. The van der Waals surface area contributed by atoms with Crippen LogP contribution in [-0.2, 0) is 0 Å². The van der Waals surface area contributed by atoms with E-state index < -0.39 is 0 Å². The van der Waals surface area contributed by atoms with E-state index in [9.17, 15) is 0 Å². The van der Waals surface area contributed by atoms with Crippen LogP contribution in [0.3, 0.4) is 0 Å². The van der Waals surface area contributed by atoms with E-state index in [1.807, 2.05) is 35.6 Å². The molecule has 3 nitrogen and oxygen atoms in total. The first-order chi connectivity index (χ1) is 28.3. The summed E-state index contributed by atoms with van der Waals surface area (Å²) < 4.78 is 2.47. The van der Waals surface area contributed by atoms with Gasteiger partial charge in [0.1, 0.15) is 0 Å². The number of benzene rings is 9. The highest BCUT2D eigenvalue weighted by molar-refractivity contribution is 7.26. The second kappa shape index (κ2) is 13.8. The van der Waals surface area contributed by atoms with Crippen LogP contribution in [0.1, 0.15) is 0 Å². The van der Waals surface area contributed by atoms with Crippen LogP contribution in [-0.4, -0.2) is 15.0 Å². The van der Waals surface area contributed by atoms with Crippen molar-refractivity contribution in [2.24, 2.45) is 0 Å². The van der Waals surface area contributed by atoms with E-state index in [1.165, 1.54) is 64.1 Å². The maximum atomic E-state index is 5.23. The molecule has 0 fully saturated rings. The molecule has 0 aliphatic carbocycles. The maximum absolute atomic E-state index is 5.23. The highest BCUT2D eigenvalue weighted by Gasteiger charge is 2.20. The van der Waals surface area contributed by atoms with Crippen LogP contribution in [0.2, 0.25) is 0 Å². The molecule has 0 saturated carbocycles. The molecule has 4 heteroatoms. The smallest absolute Gasteiger partial charge is 0.164 e. The Kier molecular flexibility index (Phi) is 8.01. The molecule has 0 N–H and O–H groups in total. The minimum Gasteiger partial charge on any atom is -0.208 e. The van der Waals surface area contributed by atoms with E-state index in [1.54, 1.807) is 0 Å². The van der Waals surface area contributed by atoms with Crippen LogP contribution >= 0.6 is 11.3 Å². The molecular formula is C53H33N3S. The summed E-state index contributed by atoms with van der Waals surface area (Å²) in [5.74, 6) is 1.95. The van der Waals surface area contributed by atoms with E-state index in [4.69, 9.17) is 15.0 Å². The van der Waals surface area contributed by atoms with E-state index in [0.717, 1.165) is 27.6 Å². The number of thiophene rings is 1. The Hall–Kier alpha value is -7.27. The van der Waals surface area contributed by atoms with Crippen molar-refractivity contribution in [3.63, 3.8) is 0 Å². The van der Waals surface area contributed by atoms with E-state index in [-0.39, 0.29) is 0 Å². The van der Waals surface area contributed by atoms with Gasteiger partial charge in [0.05, 0.1) is 0 Å². The van der Waals surface area contributed by atoms with Gasteiger partial charge in [-0.1, -0.05) is 194 Å². The second-order valence-corrected chi connectivity index (χ2v) is 15.4. The molecule has 0 atom stereocenters. The Morgan fingerprint density at radius 2 is 0.737 bits per heavy atom. The van der Waals surface area contributed by atoms with Crippen molar-refractivity contribution >= 4 is 53.1 Å². The molecule has 2 heterocycles. The number of fused-ring (bicyclic) bond motifs is 6. The average Bonchev–Trinajstić information content (AvgIpc) is 3.68. The second-order valence-electron chi connectivity index (χ2n) is 14.3. The Labute approximate surface area is 334 Å². The van der Waals surface area contributed by atoms with Gasteiger partial charge in [0.15, 0.2) is 17.5 Å². The summed E-state index contributed by atoms with van der Waals surface area (Å²) in [6.07, 6.45) is 0. The summed E-state index contributed by atoms with van der Waals surface area (Å²) in [5.41, 5.74) is 10.1. The lowest BCUT2D eigenvalue weighted by Crippen LogP contribution is -2.00. The fraction of sp³-hybridized carbons (Fsp3) is 0. The largest absolute Gasteiger partial charge is 0.208 e. The Morgan fingerprint density at radius 1 is 0.281 bits per heavy atom. The Bertz CT molecular complexity index is 3260. The first-order valence-electron chi connectivity index (χ1n) is 19.2. The fourth-order valence-electron chi connectivity index (χ4n) is 8.25. The molecule has 0 spiro atoms. The summed E-state index contributed by atoms with van der Waals surface area (Å²) in [4.78, 5) is 15.5. The predicted octanol–water partition coefficient (Wildman–Crippen LogP) is 14.5. The van der Waals surface area contributed by atoms with Crippen LogP contribution in [0.5, 0.6) is 0 Å². The van der Waals surface area contributed by atoms with Crippen LogP contribution in [0.4, 0.5) is 0 Å². The minimum absolute atomic E-state index is 0.645. The zero-order valence-corrected chi connectivity index (χ0v) is 31.6. The Morgan fingerprint density at radius 3 is 1.40 bits per heavy atom. The molecule has 266 valence electrons. The standard InChI is InChI=1S/C53H33N3S/c1-4-15-34(16-5-1)35-27-29-38(30-28-35)52-54-51(37-19-8-3-9-20-37)55-53(56-52)47-33-48-49(44-24-13-12-23-42(44)47)46-26-14-25-45(50(46)57-48)43-32-31-39(36-17-6-2-7-18-36)40-21-10-11-22-41(40)43/h1-33H. The topological polar surface area (TPSA) is 38.7 Å². The predicted molar refractivity (Wildman–Crippen MR) is 240 cm³/mol. The van der Waals surface area contributed by atoms with Crippen LogP contribution < -0.4 is 0 Å². The van der Waals surface area contributed by atoms with Crippen molar-refractivity contribution in [3.8, 4) is 67.5 Å². The molecule has 0 amide bonds. The first kappa shape index (κ1) is 33.1. The van der Waals surface area contributed by atoms with Gasteiger partial charge in [-0.25, -0.2) is 15.0 Å². The van der Waals surface area contributed by atoms with Crippen LogP contribution in [0.25, 0.3) is 109 Å². The summed E-state index contributed by atoms with van der Waals surface area (Å²) >= 11 is 1.85. The molecule has 0 radical (unpaired) electrons. The first-order valence-corrected chi connectivity index (χ1v) is 20.0. The molecule has 57 heavy (non-hydrogen) atoms. The zero-order valence-electron chi connectivity index (χ0n) is 30.8. The van der Waals surface area contributed by atoms with Crippen molar-refractivity contribution in [1.82, 2.24) is 15.0 Å². The highest BCUT2D eigenvalue weighted by Crippen LogP contribution is 2.47. The van der Waals surface area contributed by atoms with Crippen molar-refractivity contribution in [2.75, 3.05) is 0 Å². The van der Waals surface area contributed by atoms with Crippen LogP contribution in [0, 0.1) is 0 Å². The minimum atomic E-state index is 0.645. The van der Waals surface area contributed by atoms with Gasteiger partial charge in [-0.15, -0.1) is 11.3 Å². The average molecular weight is 744 g/mol. The van der Waals surface area contributed by atoms with Gasteiger partial charge < -0.3 is 0 Å². The van der Waals surface area contributed by atoms with Gasteiger partial charge in [0, 0.05) is 42.4 Å². The third kappa shape index (κ3) is 5.78. The molecular weight excluding hydrogens is 711 g/mol. The number of aromatic nitrogens is 3. The molecule has 11 rings (SSSR count). The van der Waals surface area contributed by atoms with E-state index >= 15 is 0 Å². The van der Waals surface area contributed by atoms with E-state index in [2.05, 4.69) is 176 Å². The van der Waals surface area contributed by atoms with Gasteiger partial charge in [-0.05, 0) is 55.4 Å². The van der Waals surface area contributed by atoms with Gasteiger partial charge in [0.25, 0.3) is 0 Å². The maximum Gasteiger partial charge on any atom is 0.164 e. The lowest BCUT2D eigenvalue weighted by Gasteiger charge is -2.13. The Balaban J connectivity index is 1.11. The summed E-state index contributed by atoms with van der Waals surface area (Å²) in [7, 11) is 0. The molecule has 2 aromatic heterocycles. The third-order valence-electron chi connectivity index (χ3n) is 11.0. The van der Waals surface area contributed by atoms with Gasteiger partial charge in [0.2, 0.25) is 0 Å². The van der Waals surface area contributed by atoms with Crippen molar-refractivity contribution in [3.05, 3.63) is 200 Å². The highest BCUT2D eigenvalue weighted by atomic mass is 32.1. The normalized spacial score (nSPS) is 11.5. The van der Waals surface area contributed by atoms with Crippen molar-refractivity contribution in [2.45, 2.75) is 0 Å². The monoisotopic (exact) mass is 743 g/mol. The SMILES string of the molecule is c1ccc(-c2ccc(-c3nc(-c4ccccc4)nc(-c4cc5sc6c(-c7ccc(-c8ccccc8)c8ccccc78)cccc6c5c5ccccc45)n3)cc2)cc1. The van der Waals surface area contributed by atoms with Crippen molar-refractivity contribution < 1.29 is 0 Å². The fourth-order valence-corrected chi connectivity index (χ4v) is 9.53. The quantitative estimate of drug-likeness (QED) is 0.170. The van der Waals surface area contributed by atoms with Crippen molar-refractivity contribution in [1.29, 1.82) is 0 Å². The number of hydrogen-bond acceptors (Lipinski definition) is 4. The molecule has 0 aliphatic heterocycles. The zero-order chi connectivity index (χ0) is 37.7. The van der Waals surface area contributed by atoms with Gasteiger partial charge in [-0.3, -0.25) is 0 Å². The molecule has 0 unspecified atom stereocenters. The summed E-state index contributed by atoms with van der Waals surface area (Å²) in [6.45, 7) is 0. The molecule has 9 aromatic carbocycles. The number of hydrogen-bond donors (Lipinski definition) is 0. The van der Waals surface area contributed by atoms with Gasteiger partial charge in [-0.2, -0.15) is 0 Å². The number of rotatable bonds is 6. The lowest BCUT2D eigenvalue weighted by atomic mass is 9.91. The third-order valence-corrected chi connectivity index (χ3v) is 12.1. The molecule has 0 bridgehead atoms. The van der Waals surface area contributed by atoms with Gasteiger partial charge >= 0.3 is 0 Å².